The number of aryl methyl sites for hydroxylation is 1. The Labute approximate surface area is 171 Å². The summed E-state index contributed by atoms with van der Waals surface area (Å²) in [6.07, 6.45) is 2.91. The summed E-state index contributed by atoms with van der Waals surface area (Å²) >= 11 is 0. The third kappa shape index (κ3) is 6.60. The van der Waals surface area contributed by atoms with E-state index in [-0.39, 0.29) is 12.3 Å². The van der Waals surface area contributed by atoms with Crippen molar-refractivity contribution in [2.75, 3.05) is 0 Å². The summed E-state index contributed by atoms with van der Waals surface area (Å²) in [6, 6.07) is 9.17. The van der Waals surface area contributed by atoms with E-state index in [0.717, 1.165) is 30.4 Å². The highest BCUT2D eigenvalue weighted by Gasteiger charge is 2.35. The van der Waals surface area contributed by atoms with E-state index < -0.39 is 29.6 Å². The molecule has 1 aliphatic rings. The van der Waals surface area contributed by atoms with E-state index in [4.69, 9.17) is 4.74 Å². The molecule has 0 saturated heterocycles. The van der Waals surface area contributed by atoms with Gasteiger partial charge >= 0.3 is 5.97 Å². The number of nitrogens with one attached hydrogen (secondary N) is 2. The number of carbonyl (C=O) groups excluding carboxylic acids is 3. The summed E-state index contributed by atoms with van der Waals surface area (Å²) in [6.45, 7) is 4.82. The summed E-state index contributed by atoms with van der Waals surface area (Å²) in [5, 5.41) is 15.0. The standard InChI is InChI=1S/C22H29N3O4/c1-15-7-9-18(10-8-15)19(24-17(3)26)13-20(27)29-16(2)21(28)25-22(14-23)11-5-4-6-12-22/h7-10,16,19H,4-6,11-13H2,1-3H3,(H,24,26)(H,25,28). The van der Waals surface area contributed by atoms with Crippen LogP contribution in [-0.4, -0.2) is 29.4 Å². The first kappa shape index (κ1) is 22.4. The van der Waals surface area contributed by atoms with Crippen LogP contribution >= 0.6 is 0 Å². The molecule has 0 bridgehead atoms. The molecular formula is C22H29N3O4. The lowest BCUT2D eigenvalue weighted by atomic mass is 9.83. The number of benzene rings is 1. The van der Waals surface area contributed by atoms with Gasteiger partial charge in [0, 0.05) is 6.92 Å². The Balaban J connectivity index is 1.97. The molecule has 0 aromatic heterocycles. The number of nitriles is 1. The lowest BCUT2D eigenvalue weighted by Gasteiger charge is -2.32. The molecule has 0 aliphatic heterocycles. The van der Waals surface area contributed by atoms with E-state index in [9.17, 15) is 19.6 Å². The number of esters is 1. The van der Waals surface area contributed by atoms with Gasteiger partial charge in [0.25, 0.3) is 5.91 Å². The van der Waals surface area contributed by atoms with Crippen molar-refractivity contribution >= 4 is 17.8 Å². The lowest BCUT2D eigenvalue weighted by Crippen LogP contribution is -2.52. The Morgan fingerprint density at radius 2 is 1.79 bits per heavy atom. The van der Waals surface area contributed by atoms with Crippen molar-refractivity contribution in [2.45, 2.75) is 77.0 Å². The molecule has 29 heavy (non-hydrogen) atoms. The quantitative estimate of drug-likeness (QED) is 0.686. The fraction of sp³-hybridized carbons (Fsp3) is 0.545. The molecule has 2 unspecified atom stereocenters. The molecule has 1 aliphatic carbocycles. The van der Waals surface area contributed by atoms with Crippen molar-refractivity contribution in [2.24, 2.45) is 0 Å². The van der Waals surface area contributed by atoms with Gasteiger partial charge in [-0.25, -0.2) is 0 Å². The second kappa shape index (κ2) is 10.1. The first-order chi connectivity index (χ1) is 13.7. The van der Waals surface area contributed by atoms with Crippen molar-refractivity contribution in [1.29, 1.82) is 5.26 Å². The van der Waals surface area contributed by atoms with E-state index in [1.165, 1.54) is 13.8 Å². The van der Waals surface area contributed by atoms with E-state index in [2.05, 4.69) is 16.7 Å². The molecule has 2 atom stereocenters. The third-order valence-electron chi connectivity index (χ3n) is 5.19. The minimum Gasteiger partial charge on any atom is -0.452 e. The Bertz CT molecular complexity index is 776. The molecule has 1 aromatic rings. The fourth-order valence-electron chi connectivity index (χ4n) is 3.52. The smallest absolute Gasteiger partial charge is 0.309 e. The zero-order valence-electron chi connectivity index (χ0n) is 17.3. The molecule has 1 saturated carbocycles. The Morgan fingerprint density at radius 1 is 1.17 bits per heavy atom. The van der Waals surface area contributed by atoms with Crippen molar-refractivity contribution in [3.63, 3.8) is 0 Å². The van der Waals surface area contributed by atoms with E-state index in [0.29, 0.717) is 12.8 Å². The first-order valence-electron chi connectivity index (χ1n) is 10.0. The van der Waals surface area contributed by atoms with Crippen LogP contribution in [0.15, 0.2) is 24.3 Å². The van der Waals surface area contributed by atoms with Crippen molar-refractivity contribution in [1.82, 2.24) is 10.6 Å². The molecule has 7 heteroatoms. The predicted octanol–water partition coefficient (Wildman–Crippen LogP) is 2.84. The second-order valence-electron chi connectivity index (χ2n) is 7.74. The van der Waals surface area contributed by atoms with E-state index >= 15 is 0 Å². The molecule has 156 valence electrons. The zero-order valence-corrected chi connectivity index (χ0v) is 17.3. The van der Waals surface area contributed by atoms with Gasteiger partial charge in [-0.2, -0.15) is 5.26 Å². The molecule has 2 N–H and O–H groups in total. The minimum absolute atomic E-state index is 0.0936. The number of carbonyl (C=O) groups is 3. The monoisotopic (exact) mass is 399 g/mol. The average molecular weight is 399 g/mol. The van der Waals surface area contributed by atoms with Gasteiger partial charge in [-0.15, -0.1) is 0 Å². The Hall–Kier alpha value is -2.88. The summed E-state index contributed by atoms with van der Waals surface area (Å²) < 4.78 is 5.29. The highest BCUT2D eigenvalue weighted by Crippen LogP contribution is 2.27. The molecule has 0 radical (unpaired) electrons. The summed E-state index contributed by atoms with van der Waals surface area (Å²) in [7, 11) is 0. The zero-order chi connectivity index (χ0) is 21.4. The molecule has 2 amide bonds. The molecule has 1 fully saturated rings. The summed E-state index contributed by atoms with van der Waals surface area (Å²) in [5.41, 5.74) is 0.971. The number of ether oxygens (including phenoxy) is 1. The van der Waals surface area contributed by atoms with Gasteiger partial charge in [0.2, 0.25) is 5.91 Å². The van der Waals surface area contributed by atoms with Crippen molar-refractivity contribution in [3.05, 3.63) is 35.4 Å². The van der Waals surface area contributed by atoms with Crippen LogP contribution in [0.2, 0.25) is 0 Å². The maximum atomic E-state index is 12.5. The normalized spacial score (nSPS) is 17.3. The molecule has 7 nitrogen and oxygen atoms in total. The lowest BCUT2D eigenvalue weighted by molar-refractivity contribution is -0.156. The van der Waals surface area contributed by atoms with Crippen LogP contribution in [-0.2, 0) is 19.1 Å². The van der Waals surface area contributed by atoms with Crippen LogP contribution in [0.3, 0.4) is 0 Å². The Morgan fingerprint density at radius 3 is 2.34 bits per heavy atom. The maximum absolute atomic E-state index is 12.5. The first-order valence-corrected chi connectivity index (χ1v) is 10.0. The number of hydrogen-bond donors (Lipinski definition) is 2. The second-order valence-corrected chi connectivity index (χ2v) is 7.74. The van der Waals surface area contributed by atoms with Crippen LogP contribution in [0.1, 0.15) is 69.5 Å². The van der Waals surface area contributed by atoms with Gasteiger partial charge < -0.3 is 15.4 Å². The largest absolute Gasteiger partial charge is 0.452 e. The van der Waals surface area contributed by atoms with Gasteiger partial charge in [0.15, 0.2) is 6.10 Å². The highest BCUT2D eigenvalue weighted by atomic mass is 16.5. The van der Waals surface area contributed by atoms with Gasteiger partial charge in [0.1, 0.15) is 5.54 Å². The van der Waals surface area contributed by atoms with Gasteiger partial charge in [-0.3, -0.25) is 14.4 Å². The van der Waals surface area contributed by atoms with Crippen molar-refractivity contribution in [3.8, 4) is 6.07 Å². The van der Waals surface area contributed by atoms with Crippen molar-refractivity contribution < 1.29 is 19.1 Å². The third-order valence-corrected chi connectivity index (χ3v) is 5.19. The average Bonchev–Trinajstić information content (AvgIpc) is 2.68. The van der Waals surface area contributed by atoms with Crippen LogP contribution in [0.25, 0.3) is 0 Å². The molecular weight excluding hydrogens is 370 g/mol. The van der Waals surface area contributed by atoms with E-state index in [1.807, 2.05) is 31.2 Å². The van der Waals surface area contributed by atoms with Gasteiger partial charge in [-0.1, -0.05) is 49.1 Å². The Kier molecular flexibility index (Phi) is 7.77. The predicted molar refractivity (Wildman–Crippen MR) is 107 cm³/mol. The number of nitrogens with zero attached hydrogens (tertiary/aromatic N) is 1. The van der Waals surface area contributed by atoms with E-state index in [1.54, 1.807) is 0 Å². The van der Waals surface area contributed by atoms with Gasteiger partial charge in [-0.05, 0) is 32.3 Å². The topological polar surface area (TPSA) is 108 Å². The number of amides is 2. The summed E-state index contributed by atoms with van der Waals surface area (Å²) in [4.78, 5) is 36.4. The molecule has 0 spiro atoms. The highest BCUT2D eigenvalue weighted by molar-refractivity contribution is 5.84. The molecule has 2 rings (SSSR count). The SMILES string of the molecule is CC(=O)NC(CC(=O)OC(C)C(=O)NC1(C#N)CCCCC1)c1ccc(C)cc1. The minimum atomic E-state index is -1.02. The van der Waals surface area contributed by atoms with Crippen LogP contribution in [0.4, 0.5) is 0 Å². The number of rotatable bonds is 7. The summed E-state index contributed by atoms with van der Waals surface area (Å²) in [5.74, 6) is -1.34. The van der Waals surface area contributed by atoms with Gasteiger partial charge in [0.05, 0.1) is 18.5 Å². The van der Waals surface area contributed by atoms with Crippen LogP contribution in [0, 0.1) is 18.3 Å². The van der Waals surface area contributed by atoms with Crippen LogP contribution < -0.4 is 10.6 Å². The molecule has 1 aromatic carbocycles. The maximum Gasteiger partial charge on any atom is 0.309 e. The number of hydrogen-bond acceptors (Lipinski definition) is 5. The fourth-order valence-corrected chi connectivity index (χ4v) is 3.52. The van der Waals surface area contributed by atoms with Crippen LogP contribution in [0.5, 0.6) is 0 Å². The molecule has 0 heterocycles.